The van der Waals surface area contributed by atoms with Gasteiger partial charge in [-0.2, -0.15) is 4.39 Å². The molecule has 0 spiro atoms. The van der Waals surface area contributed by atoms with Gasteiger partial charge < -0.3 is 10.7 Å². The molecule has 0 saturated carbocycles. The van der Waals surface area contributed by atoms with Crippen LogP contribution in [-0.2, 0) is 0 Å². The zero-order valence-electron chi connectivity index (χ0n) is 10.8. The second-order valence-electron chi connectivity index (χ2n) is 4.54. The molecule has 0 aliphatic heterocycles. The standard InChI is InChI=1S/C14H7BrF3N3O/c15-9-2-7(13(19)21-12(9)18)5-1-6-8(3-10(5)16)14(22)20-4-11(6)17/h1-4H,(H2,19,21)(H,20,22). The molecule has 0 fully saturated rings. The summed E-state index contributed by atoms with van der Waals surface area (Å²) in [6, 6.07) is 3.29. The highest BCUT2D eigenvalue weighted by Crippen LogP contribution is 2.33. The lowest BCUT2D eigenvalue weighted by Gasteiger charge is -2.09. The van der Waals surface area contributed by atoms with Crippen molar-refractivity contribution < 1.29 is 13.2 Å². The highest BCUT2D eigenvalue weighted by molar-refractivity contribution is 9.10. The minimum absolute atomic E-state index is 0.0115. The number of rotatable bonds is 1. The lowest BCUT2D eigenvalue weighted by molar-refractivity contribution is 0.579. The highest BCUT2D eigenvalue weighted by atomic mass is 79.9. The van der Waals surface area contributed by atoms with Crippen molar-refractivity contribution in [2.75, 3.05) is 5.73 Å². The summed E-state index contributed by atoms with van der Waals surface area (Å²) < 4.78 is 41.4. The summed E-state index contributed by atoms with van der Waals surface area (Å²) in [5, 5.41) is -0.200. The molecule has 2 heterocycles. The van der Waals surface area contributed by atoms with Crippen molar-refractivity contribution in [2.45, 2.75) is 0 Å². The second-order valence-corrected chi connectivity index (χ2v) is 5.39. The number of fused-ring (bicyclic) bond motifs is 1. The number of anilines is 1. The van der Waals surface area contributed by atoms with Crippen molar-refractivity contribution in [1.29, 1.82) is 0 Å². The Morgan fingerprint density at radius 2 is 1.77 bits per heavy atom. The summed E-state index contributed by atoms with van der Waals surface area (Å²) in [6.45, 7) is 0. The Morgan fingerprint density at radius 3 is 2.50 bits per heavy atom. The Hall–Kier alpha value is -2.35. The predicted molar refractivity (Wildman–Crippen MR) is 79.8 cm³/mol. The molecule has 112 valence electrons. The molecule has 1 aromatic carbocycles. The van der Waals surface area contributed by atoms with E-state index < -0.39 is 23.1 Å². The fourth-order valence-corrected chi connectivity index (χ4v) is 2.46. The number of nitrogens with one attached hydrogen (secondary N) is 1. The van der Waals surface area contributed by atoms with Gasteiger partial charge in [-0.05, 0) is 34.1 Å². The topological polar surface area (TPSA) is 71.8 Å². The summed E-state index contributed by atoms with van der Waals surface area (Å²) >= 11 is 2.93. The molecule has 0 saturated heterocycles. The summed E-state index contributed by atoms with van der Waals surface area (Å²) in [4.78, 5) is 17.2. The first-order chi connectivity index (χ1) is 10.4. The number of nitrogens with zero attached hydrogens (tertiary/aromatic N) is 1. The van der Waals surface area contributed by atoms with Crippen LogP contribution in [0.5, 0.6) is 0 Å². The largest absolute Gasteiger partial charge is 0.383 e. The number of H-pyrrole nitrogens is 1. The van der Waals surface area contributed by atoms with Gasteiger partial charge in [-0.1, -0.05) is 0 Å². The van der Waals surface area contributed by atoms with Gasteiger partial charge in [0, 0.05) is 22.7 Å². The second kappa shape index (κ2) is 5.13. The highest BCUT2D eigenvalue weighted by Gasteiger charge is 2.16. The Morgan fingerprint density at radius 1 is 1.05 bits per heavy atom. The number of aromatic amines is 1. The summed E-state index contributed by atoms with van der Waals surface area (Å²) in [6.07, 6.45) is 0.883. The molecule has 0 amide bonds. The minimum atomic E-state index is -0.843. The number of nitrogen functional groups attached to an aromatic ring is 1. The average Bonchev–Trinajstić information content (AvgIpc) is 2.47. The first-order valence-electron chi connectivity index (χ1n) is 6.01. The van der Waals surface area contributed by atoms with Gasteiger partial charge in [-0.15, -0.1) is 0 Å². The van der Waals surface area contributed by atoms with Gasteiger partial charge in [-0.3, -0.25) is 4.79 Å². The van der Waals surface area contributed by atoms with Gasteiger partial charge in [0.1, 0.15) is 17.5 Å². The lowest BCUT2D eigenvalue weighted by atomic mass is 10.0. The third-order valence-electron chi connectivity index (χ3n) is 3.19. The molecule has 3 rings (SSSR count). The zero-order chi connectivity index (χ0) is 16.0. The maximum absolute atomic E-state index is 14.3. The van der Waals surface area contributed by atoms with E-state index in [0.29, 0.717) is 0 Å². The van der Waals surface area contributed by atoms with Crippen LogP contribution in [0.3, 0.4) is 0 Å². The van der Waals surface area contributed by atoms with Gasteiger partial charge in [-0.25, -0.2) is 13.8 Å². The summed E-state index contributed by atoms with van der Waals surface area (Å²) in [5.74, 6) is -2.60. The lowest BCUT2D eigenvalue weighted by Crippen LogP contribution is -2.07. The number of nitrogens with two attached hydrogens (primary N) is 1. The van der Waals surface area contributed by atoms with Crippen molar-refractivity contribution in [2.24, 2.45) is 0 Å². The van der Waals surface area contributed by atoms with Crippen molar-refractivity contribution in [3.05, 3.63) is 56.8 Å². The molecule has 2 aromatic heterocycles. The van der Waals surface area contributed by atoms with Crippen LogP contribution in [0.1, 0.15) is 0 Å². The molecule has 22 heavy (non-hydrogen) atoms. The van der Waals surface area contributed by atoms with E-state index in [0.717, 1.165) is 18.3 Å². The van der Waals surface area contributed by atoms with E-state index in [1.807, 2.05) is 0 Å². The van der Waals surface area contributed by atoms with Gasteiger partial charge in [0.2, 0.25) is 5.95 Å². The Kier molecular flexibility index (Phi) is 3.40. The van der Waals surface area contributed by atoms with Crippen molar-refractivity contribution >= 4 is 32.5 Å². The first kappa shape index (κ1) is 14.6. The van der Waals surface area contributed by atoms with Crippen molar-refractivity contribution in [1.82, 2.24) is 9.97 Å². The molecule has 0 aliphatic carbocycles. The van der Waals surface area contributed by atoms with Crippen LogP contribution >= 0.6 is 15.9 Å². The van der Waals surface area contributed by atoms with Crippen LogP contribution < -0.4 is 11.3 Å². The van der Waals surface area contributed by atoms with Gasteiger partial charge in [0.05, 0.1) is 9.86 Å². The van der Waals surface area contributed by atoms with E-state index in [1.165, 1.54) is 6.07 Å². The third kappa shape index (κ3) is 2.25. The molecule has 0 atom stereocenters. The quantitative estimate of drug-likeness (QED) is 0.646. The van der Waals surface area contributed by atoms with Crippen LogP contribution in [0.25, 0.3) is 21.9 Å². The smallest absolute Gasteiger partial charge is 0.256 e. The van der Waals surface area contributed by atoms with E-state index in [4.69, 9.17) is 5.73 Å². The molecule has 8 heteroatoms. The van der Waals surface area contributed by atoms with Crippen molar-refractivity contribution in [3.63, 3.8) is 0 Å². The monoisotopic (exact) mass is 369 g/mol. The van der Waals surface area contributed by atoms with Gasteiger partial charge >= 0.3 is 0 Å². The molecule has 4 nitrogen and oxygen atoms in total. The maximum Gasteiger partial charge on any atom is 0.256 e. The summed E-state index contributed by atoms with van der Waals surface area (Å²) in [7, 11) is 0. The van der Waals surface area contributed by atoms with E-state index in [2.05, 4.69) is 25.9 Å². The minimum Gasteiger partial charge on any atom is -0.383 e. The number of aromatic nitrogens is 2. The number of hydrogen-bond acceptors (Lipinski definition) is 3. The Bertz CT molecular complexity index is 972. The molecule has 0 bridgehead atoms. The van der Waals surface area contributed by atoms with E-state index in [-0.39, 0.29) is 32.2 Å². The van der Waals surface area contributed by atoms with Crippen LogP contribution in [0.4, 0.5) is 19.0 Å². The first-order valence-corrected chi connectivity index (χ1v) is 6.80. The number of benzene rings is 1. The van der Waals surface area contributed by atoms with Gasteiger partial charge in [0.15, 0.2) is 0 Å². The summed E-state index contributed by atoms with van der Waals surface area (Å²) in [5.41, 5.74) is 4.99. The fourth-order valence-electron chi connectivity index (χ4n) is 2.14. The molecule has 0 radical (unpaired) electrons. The Labute approximate surface area is 129 Å². The molecular formula is C14H7BrF3N3O. The van der Waals surface area contributed by atoms with E-state index in [1.54, 1.807) is 0 Å². The van der Waals surface area contributed by atoms with Crippen LogP contribution in [-0.4, -0.2) is 9.97 Å². The molecular weight excluding hydrogens is 363 g/mol. The van der Waals surface area contributed by atoms with E-state index in [9.17, 15) is 18.0 Å². The molecule has 0 aliphatic rings. The predicted octanol–water partition coefficient (Wildman–Crippen LogP) is 3.35. The number of pyridine rings is 2. The van der Waals surface area contributed by atoms with Crippen molar-refractivity contribution in [3.8, 4) is 11.1 Å². The number of hydrogen-bond donors (Lipinski definition) is 2. The zero-order valence-corrected chi connectivity index (χ0v) is 12.3. The average molecular weight is 370 g/mol. The van der Waals surface area contributed by atoms with Crippen LogP contribution in [0.2, 0.25) is 0 Å². The SMILES string of the molecule is Nc1nc(F)c(Br)cc1-c1cc2c(F)c[nH]c(=O)c2cc1F. The molecule has 3 N–H and O–H groups in total. The number of halogens is 4. The third-order valence-corrected chi connectivity index (χ3v) is 3.75. The van der Waals surface area contributed by atoms with E-state index >= 15 is 0 Å². The van der Waals surface area contributed by atoms with Crippen LogP contribution in [0.15, 0.2) is 33.7 Å². The Balaban J connectivity index is 2.37. The van der Waals surface area contributed by atoms with Crippen LogP contribution in [0, 0.1) is 17.6 Å². The molecule has 3 aromatic rings. The normalized spacial score (nSPS) is 11.1. The fraction of sp³-hybridized carbons (Fsp3) is 0. The molecule has 0 unspecified atom stereocenters. The maximum atomic E-state index is 14.3. The van der Waals surface area contributed by atoms with Gasteiger partial charge in [0.25, 0.3) is 5.56 Å².